The summed E-state index contributed by atoms with van der Waals surface area (Å²) in [6, 6.07) is 0.765. The molecule has 1 heterocycles. The summed E-state index contributed by atoms with van der Waals surface area (Å²) in [5.74, 6) is -0.893. The average Bonchev–Trinajstić information content (AvgIpc) is 2.24. The standard InChI is InChI=1S/C10H10ClF3N2O2/c1-16(3-2-8(17)18)9-7(11)4-6(5-15-9)10(12,13)14/h4-5H,2-3H2,1H3,(H,17,18). The Kier molecular flexibility index (Phi) is 4.39. The number of aromatic nitrogens is 1. The van der Waals surface area contributed by atoms with Crippen molar-refractivity contribution in [2.75, 3.05) is 18.5 Å². The molecule has 0 amide bonds. The summed E-state index contributed by atoms with van der Waals surface area (Å²) in [6.45, 7) is 0.105. The summed E-state index contributed by atoms with van der Waals surface area (Å²) < 4.78 is 37.1. The van der Waals surface area contributed by atoms with Crippen LogP contribution in [-0.2, 0) is 11.0 Å². The maximum Gasteiger partial charge on any atom is 0.417 e. The quantitative estimate of drug-likeness (QED) is 0.922. The van der Waals surface area contributed by atoms with Gasteiger partial charge in [-0.3, -0.25) is 4.79 Å². The van der Waals surface area contributed by atoms with Gasteiger partial charge in [-0.05, 0) is 6.07 Å². The Morgan fingerprint density at radius 2 is 2.17 bits per heavy atom. The van der Waals surface area contributed by atoms with E-state index in [1.54, 1.807) is 0 Å². The number of nitrogens with zero attached hydrogens (tertiary/aromatic N) is 2. The highest BCUT2D eigenvalue weighted by Crippen LogP contribution is 2.33. The van der Waals surface area contributed by atoms with Crippen LogP contribution in [0.4, 0.5) is 19.0 Å². The van der Waals surface area contributed by atoms with Gasteiger partial charge in [-0.25, -0.2) is 4.98 Å². The second-order valence-corrected chi connectivity index (χ2v) is 4.00. The summed E-state index contributed by atoms with van der Waals surface area (Å²) in [4.78, 5) is 15.4. The van der Waals surface area contributed by atoms with Gasteiger partial charge >= 0.3 is 12.1 Å². The number of aliphatic carboxylic acids is 1. The maximum atomic E-state index is 12.4. The molecule has 0 bridgehead atoms. The molecule has 0 unspecified atom stereocenters. The van der Waals surface area contributed by atoms with E-state index >= 15 is 0 Å². The van der Waals surface area contributed by atoms with E-state index in [2.05, 4.69) is 4.98 Å². The van der Waals surface area contributed by atoms with Gasteiger partial charge in [0.1, 0.15) is 5.82 Å². The number of rotatable bonds is 4. The van der Waals surface area contributed by atoms with E-state index in [9.17, 15) is 18.0 Å². The number of carboxylic acid groups (broad SMARTS) is 1. The second kappa shape index (κ2) is 5.43. The van der Waals surface area contributed by atoms with E-state index in [-0.39, 0.29) is 23.8 Å². The molecule has 8 heteroatoms. The Morgan fingerprint density at radius 1 is 1.56 bits per heavy atom. The van der Waals surface area contributed by atoms with Crippen molar-refractivity contribution in [2.24, 2.45) is 0 Å². The summed E-state index contributed by atoms with van der Waals surface area (Å²) in [5, 5.41) is 8.33. The summed E-state index contributed by atoms with van der Waals surface area (Å²) in [7, 11) is 1.50. The van der Waals surface area contributed by atoms with Crippen LogP contribution in [0.25, 0.3) is 0 Å². The number of halogens is 4. The molecule has 18 heavy (non-hydrogen) atoms. The van der Waals surface area contributed by atoms with Gasteiger partial charge in [0, 0.05) is 19.8 Å². The fourth-order valence-electron chi connectivity index (χ4n) is 1.24. The molecule has 0 aromatic carbocycles. The zero-order chi connectivity index (χ0) is 13.9. The molecular formula is C10H10ClF3N2O2. The van der Waals surface area contributed by atoms with Gasteiger partial charge < -0.3 is 10.0 Å². The lowest BCUT2D eigenvalue weighted by Gasteiger charge is -2.19. The number of anilines is 1. The van der Waals surface area contributed by atoms with E-state index < -0.39 is 17.7 Å². The number of hydrogen-bond donors (Lipinski definition) is 1. The SMILES string of the molecule is CN(CCC(=O)O)c1ncc(C(F)(F)F)cc1Cl. The van der Waals surface area contributed by atoms with Gasteiger partial charge in [0.15, 0.2) is 0 Å². The third kappa shape index (κ3) is 3.76. The first kappa shape index (κ1) is 14.6. The van der Waals surface area contributed by atoms with Gasteiger partial charge in [-0.2, -0.15) is 13.2 Å². The molecule has 1 aromatic heterocycles. The van der Waals surface area contributed by atoms with Crippen molar-refractivity contribution >= 4 is 23.4 Å². The lowest BCUT2D eigenvalue weighted by atomic mass is 10.2. The molecule has 0 aliphatic rings. The fourth-order valence-corrected chi connectivity index (χ4v) is 1.55. The van der Waals surface area contributed by atoms with Gasteiger partial charge in [-0.1, -0.05) is 11.6 Å². The van der Waals surface area contributed by atoms with Crippen molar-refractivity contribution < 1.29 is 23.1 Å². The molecular weight excluding hydrogens is 273 g/mol. The highest BCUT2D eigenvalue weighted by molar-refractivity contribution is 6.33. The van der Waals surface area contributed by atoms with Crippen molar-refractivity contribution in [3.05, 3.63) is 22.8 Å². The Hall–Kier alpha value is -1.50. The minimum absolute atomic E-state index is 0.105. The Morgan fingerprint density at radius 3 is 2.61 bits per heavy atom. The molecule has 0 saturated heterocycles. The van der Waals surface area contributed by atoms with E-state index in [1.165, 1.54) is 11.9 Å². The summed E-state index contributed by atoms with van der Waals surface area (Å²) in [6.07, 6.45) is -4.00. The molecule has 0 fully saturated rings. The highest BCUT2D eigenvalue weighted by atomic mass is 35.5. The van der Waals surface area contributed by atoms with Crippen molar-refractivity contribution in [3.63, 3.8) is 0 Å². The van der Waals surface area contributed by atoms with E-state index in [1.807, 2.05) is 0 Å². The highest BCUT2D eigenvalue weighted by Gasteiger charge is 2.31. The lowest BCUT2D eigenvalue weighted by Crippen LogP contribution is -2.22. The first-order chi connectivity index (χ1) is 8.21. The van der Waals surface area contributed by atoms with E-state index in [0.29, 0.717) is 6.20 Å². The molecule has 0 saturated carbocycles. The maximum absolute atomic E-state index is 12.4. The molecule has 1 rings (SSSR count). The first-order valence-electron chi connectivity index (χ1n) is 4.87. The Labute approximate surface area is 106 Å². The van der Waals surface area contributed by atoms with Crippen LogP contribution in [0.1, 0.15) is 12.0 Å². The molecule has 0 radical (unpaired) electrons. The molecule has 1 aromatic rings. The number of hydrogen-bond acceptors (Lipinski definition) is 3. The summed E-state index contributed by atoms with van der Waals surface area (Å²) in [5.41, 5.74) is -0.942. The molecule has 0 atom stereocenters. The van der Waals surface area contributed by atoms with Gasteiger partial charge in [-0.15, -0.1) is 0 Å². The van der Waals surface area contributed by atoms with Crippen LogP contribution in [0.15, 0.2) is 12.3 Å². The second-order valence-electron chi connectivity index (χ2n) is 3.59. The third-order valence-corrected chi connectivity index (χ3v) is 2.45. The Balaban J connectivity index is 2.88. The van der Waals surface area contributed by atoms with Crippen LogP contribution in [0.3, 0.4) is 0 Å². The average molecular weight is 283 g/mol. The molecule has 0 aliphatic heterocycles. The summed E-state index contributed by atoms with van der Waals surface area (Å²) >= 11 is 5.69. The zero-order valence-electron chi connectivity index (χ0n) is 9.33. The van der Waals surface area contributed by atoms with Crippen LogP contribution in [0.2, 0.25) is 5.02 Å². The van der Waals surface area contributed by atoms with Crippen LogP contribution in [0.5, 0.6) is 0 Å². The van der Waals surface area contributed by atoms with Crippen molar-refractivity contribution in [1.29, 1.82) is 0 Å². The van der Waals surface area contributed by atoms with Crippen LogP contribution in [-0.4, -0.2) is 29.7 Å². The monoisotopic (exact) mass is 282 g/mol. The van der Waals surface area contributed by atoms with E-state index in [4.69, 9.17) is 16.7 Å². The lowest BCUT2D eigenvalue weighted by molar-refractivity contribution is -0.138. The van der Waals surface area contributed by atoms with Gasteiger partial charge in [0.25, 0.3) is 0 Å². The van der Waals surface area contributed by atoms with Crippen LogP contribution < -0.4 is 4.90 Å². The number of pyridine rings is 1. The predicted molar refractivity (Wildman–Crippen MR) is 59.8 cm³/mol. The predicted octanol–water partition coefficient (Wildman–Crippen LogP) is 2.66. The molecule has 0 spiro atoms. The van der Waals surface area contributed by atoms with Crippen molar-refractivity contribution in [3.8, 4) is 0 Å². The van der Waals surface area contributed by atoms with Gasteiger partial charge in [0.05, 0.1) is 17.0 Å². The van der Waals surface area contributed by atoms with E-state index in [0.717, 1.165) is 6.07 Å². The van der Waals surface area contributed by atoms with Crippen molar-refractivity contribution in [1.82, 2.24) is 4.98 Å². The topological polar surface area (TPSA) is 53.4 Å². The van der Waals surface area contributed by atoms with Crippen molar-refractivity contribution in [2.45, 2.75) is 12.6 Å². The molecule has 100 valence electrons. The number of carboxylic acids is 1. The minimum atomic E-state index is -4.51. The third-order valence-electron chi connectivity index (χ3n) is 2.17. The first-order valence-corrected chi connectivity index (χ1v) is 5.25. The number of alkyl halides is 3. The Bertz CT molecular complexity index is 451. The zero-order valence-corrected chi connectivity index (χ0v) is 10.1. The normalized spacial score (nSPS) is 11.4. The van der Waals surface area contributed by atoms with Crippen LogP contribution >= 0.6 is 11.6 Å². The molecule has 4 nitrogen and oxygen atoms in total. The largest absolute Gasteiger partial charge is 0.481 e. The number of carbonyl (C=O) groups is 1. The molecule has 0 aliphatic carbocycles. The van der Waals surface area contributed by atoms with Gasteiger partial charge in [0.2, 0.25) is 0 Å². The molecule has 1 N–H and O–H groups in total. The van der Waals surface area contributed by atoms with Crippen LogP contribution in [0, 0.1) is 0 Å². The smallest absolute Gasteiger partial charge is 0.417 e. The minimum Gasteiger partial charge on any atom is -0.481 e. The fraction of sp³-hybridized carbons (Fsp3) is 0.400.